The quantitative estimate of drug-likeness (QED) is 0.518. The third-order valence-electron chi connectivity index (χ3n) is 5.60. The van der Waals surface area contributed by atoms with Gasteiger partial charge in [0.2, 0.25) is 17.8 Å². The van der Waals surface area contributed by atoms with Gasteiger partial charge < -0.3 is 16.8 Å². The monoisotopic (exact) mass is 438 g/mol. The van der Waals surface area contributed by atoms with Crippen molar-refractivity contribution in [3.63, 3.8) is 0 Å². The topological polar surface area (TPSA) is 137 Å². The van der Waals surface area contributed by atoms with E-state index in [0.29, 0.717) is 11.1 Å². The largest absolute Gasteiger partial charge is 0.366 e. The third kappa shape index (κ3) is 3.98. The maximum Gasteiger partial charge on any atom is 0.249 e. The Morgan fingerprint density at radius 3 is 2.41 bits per heavy atom. The van der Waals surface area contributed by atoms with Crippen molar-refractivity contribution < 1.29 is 18.4 Å². The third-order valence-corrected chi connectivity index (χ3v) is 5.60. The van der Waals surface area contributed by atoms with Crippen LogP contribution in [0.2, 0.25) is 0 Å². The molecule has 2 amide bonds. The highest BCUT2D eigenvalue weighted by Gasteiger charge is 2.48. The second-order valence-corrected chi connectivity index (χ2v) is 7.76. The van der Waals surface area contributed by atoms with Gasteiger partial charge in [0.15, 0.2) is 0 Å². The van der Waals surface area contributed by atoms with Crippen LogP contribution in [0, 0.1) is 5.82 Å². The van der Waals surface area contributed by atoms with E-state index in [1.807, 2.05) is 0 Å². The average Bonchev–Trinajstić information content (AvgIpc) is 2.76. The molecule has 0 saturated heterocycles. The molecule has 1 fully saturated rings. The maximum atomic E-state index is 14.3. The highest BCUT2D eigenvalue weighted by Crippen LogP contribution is 2.45. The maximum absolute atomic E-state index is 14.3. The highest BCUT2D eigenvalue weighted by atomic mass is 19.1. The molecule has 2 heterocycles. The summed E-state index contributed by atoms with van der Waals surface area (Å²) in [6.07, 6.45) is 3.66. The van der Waals surface area contributed by atoms with E-state index in [0.717, 1.165) is 0 Å². The van der Waals surface area contributed by atoms with Crippen LogP contribution in [0.15, 0.2) is 48.9 Å². The molecule has 0 spiro atoms. The van der Waals surface area contributed by atoms with Crippen molar-refractivity contribution in [2.45, 2.75) is 24.4 Å². The Bertz CT molecular complexity index is 1180. The molecular weight excluding hydrogens is 418 g/mol. The minimum absolute atomic E-state index is 0.147. The molecule has 0 atom stereocenters. The molecule has 0 radical (unpaired) electrons. The van der Waals surface area contributed by atoms with Crippen LogP contribution in [-0.4, -0.2) is 39.5 Å². The van der Waals surface area contributed by atoms with Gasteiger partial charge in [-0.25, -0.2) is 18.7 Å². The van der Waals surface area contributed by atoms with Crippen LogP contribution in [0.25, 0.3) is 11.1 Å². The van der Waals surface area contributed by atoms with Crippen molar-refractivity contribution in [3.05, 3.63) is 71.6 Å². The number of hydrogen-bond donors (Lipinski definition) is 3. The van der Waals surface area contributed by atoms with Gasteiger partial charge in [0, 0.05) is 47.2 Å². The number of hydrogen-bond acceptors (Lipinski definition) is 6. The first-order chi connectivity index (χ1) is 15.3. The fraction of sp³-hybridized carbons (Fsp3) is 0.227. The molecule has 3 aromatic rings. The number of nitrogens with zero attached hydrogens (tertiary/aromatic N) is 3. The number of carbonyl (C=O) groups excluding carboxylic acids is 2. The first kappa shape index (κ1) is 21.3. The Morgan fingerprint density at radius 1 is 1.09 bits per heavy atom. The number of rotatable bonds is 7. The zero-order valence-corrected chi connectivity index (χ0v) is 16.9. The van der Waals surface area contributed by atoms with Gasteiger partial charge in [-0.2, -0.15) is 0 Å². The van der Waals surface area contributed by atoms with E-state index in [1.54, 1.807) is 0 Å². The van der Waals surface area contributed by atoms with E-state index in [-0.39, 0.29) is 42.2 Å². The summed E-state index contributed by atoms with van der Waals surface area (Å²) in [5, 5.41) is 3.02. The van der Waals surface area contributed by atoms with Gasteiger partial charge in [-0.1, -0.05) is 0 Å². The summed E-state index contributed by atoms with van der Waals surface area (Å²) in [4.78, 5) is 35.8. The Kier molecular flexibility index (Phi) is 5.52. The van der Waals surface area contributed by atoms with Gasteiger partial charge in [0.1, 0.15) is 12.0 Å². The standard InChI is InChI=1S/C22H20F2N6O2/c23-14-7-22(8-14,18-17(24)2-1-5-27-18)11-30-21-28-9-13(10-29-21)16-6-12(19(25)31)3-4-15(16)20(26)32/h1-6,9-10,14H,7-8,11H2,(H2,25,31)(H2,26,32)(H,28,29,30). The second-order valence-electron chi connectivity index (χ2n) is 7.76. The van der Waals surface area contributed by atoms with Gasteiger partial charge in [-0.3, -0.25) is 14.6 Å². The van der Waals surface area contributed by atoms with Gasteiger partial charge in [-0.05, 0) is 48.7 Å². The van der Waals surface area contributed by atoms with Crippen LogP contribution in [-0.2, 0) is 5.41 Å². The van der Waals surface area contributed by atoms with Crippen molar-refractivity contribution in [3.8, 4) is 11.1 Å². The smallest absolute Gasteiger partial charge is 0.249 e. The Balaban J connectivity index is 1.56. The first-order valence-electron chi connectivity index (χ1n) is 9.84. The Hall–Kier alpha value is -3.95. The van der Waals surface area contributed by atoms with Crippen LogP contribution in [0.3, 0.4) is 0 Å². The van der Waals surface area contributed by atoms with E-state index >= 15 is 0 Å². The molecule has 1 aromatic carbocycles. The van der Waals surface area contributed by atoms with Gasteiger partial charge in [0.25, 0.3) is 0 Å². The lowest BCUT2D eigenvalue weighted by molar-refractivity contribution is 0.0962. The minimum Gasteiger partial charge on any atom is -0.366 e. The molecule has 1 aliphatic carbocycles. The number of nitrogens with two attached hydrogens (primary N) is 2. The molecule has 2 aromatic heterocycles. The molecular formula is C22H20F2N6O2. The lowest BCUT2D eigenvalue weighted by Gasteiger charge is -2.43. The number of aromatic nitrogens is 3. The van der Waals surface area contributed by atoms with Crippen molar-refractivity contribution >= 4 is 17.8 Å². The predicted molar refractivity (Wildman–Crippen MR) is 113 cm³/mol. The summed E-state index contributed by atoms with van der Waals surface area (Å²) in [6.45, 7) is 0.199. The average molecular weight is 438 g/mol. The number of carbonyl (C=O) groups is 2. The molecule has 8 nitrogen and oxygen atoms in total. The van der Waals surface area contributed by atoms with E-state index in [4.69, 9.17) is 11.5 Å². The summed E-state index contributed by atoms with van der Waals surface area (Å²) in [5.74, 6) is -1.58. The minimum atomic E-state index is -1.02. The molecule has 0 unspecified atom stereocenters. The molecule has 5 N–H and O–H groups in total. The Morgan fingerprint density at radius 2 is 1.81 bits per heavy atom. The number of anilines is 1. The normalized spacial score (nSPS) is 19.8. The van der Waals surface area contributed by atoms with E-state index < -0.39 is 29.2 Å². The highest BCUT2D eigenvalue weighted by molar-refractivity contribution is 6.02. The van der Waals surface area contributed by atoms with Crippen LogP contribution < -0.4 is 16.8 Å². The van der Waals surface area contributed by atoms with Crippen molar-refractivity contribution in [2.75, 3.05) is 11.9 Å². The number of halogens is 2. The predicted octanol–water partition coefficient (Wildman–Crippen LogP) is 2.36. The van der Waals surface area contributed by atoms with Crippen LogP contribution in [0.4, 0.5) is 14.7 Å². The fourth-order valence-corrected chi connectivity index (χ4v) is 3.94. The zero-order chi connectivity index (χ0) is 22.9. The van der Waals surface area contributed by atoms with Gasteiger partial charge in [0.05, 0.1) is 5.69 Å². The summed E-state index contributed by atoms with van der Waals surface area (Å²) >= 11 is 0. The second kappa shape index (κ2) is 8.29. The lowest BCUT2D eigenvalue weighted by Crippen LogP contribution is -2.49. The van der Waals surface area contributed by atoms with E-state index in [1.165, 1.54) is 48.9 Å². The van der Waals surface area contributed by atoms with Gasteiger partial charge in [-0.15, -0.1) is 0 Å². The number of pyridine rings is 1. The molecule has 10 heteroatoms. The molecule has 0 bridgehead atoms. The number of primary amides is 2. The number of alkyl halides is 1. The van der Waals surface area contributed by atoms with Crippen LogP contribution in [0.5, 0.6) is 0 Å². The zero-order valence-electron chi connectivity index (χ0n) is 16.9. The van der Waals surface area contributed by atoms with E-state index in [2.05, 4.69) is 20.3 Å². The summed E-state index contributed by atoms with van der Waals surface area (Å²) in [5.41, 5.74) is 11.4. The van der Waals surface area contributed by atoms with Gasteiger partial charge >= 0.3 is 0 Å². The van der Waals surface area contributed by atoms with Crippen molar-refractivity contribution in [2.24, 2.45) is 11.5 Å². The van der Waals surface area contributed by atoms with Crippen LogP contribution >= 0.6 is 0 Å². The summed E-state index contributed by atoms with van der Waals surface area (Å²) in [7, 11) is 0. The molecule has 164 valence electrons. The first-order valence-corrected chi connectivity index (χ1v) is 9.84. The Labute approximate surface area is 182 Å². The van der Waals surface area contributed by atoms with Crippen LogP contribution in [0.1, 0.15) is 39.3 Å². The number of amides is 2. The molecule has 0 aliphatic heterocycles. The molecule has 1 saturated carbocycles. The molecule has 32 heavy (non-hydrogen) atoms. The van der Waals surface area contributed by atoms with Crippen molar-refractivity contribution in [1.29, 1.82) is 0 Å². The number of nitrogens with one attached hydrogen (secondary N) is 1. The molecule has 1 aliphatic rings. The number of benzene rings is 1. The SMILES string of the molecule is NC(=O)c1ccc(C(N)=O)c(-c2cnc(NCC3(c4ncccc4F)CC(F)C3)nc2)c1. The molecule has 4 rings (SSSR count). The van der Waals surface area contributed by atoms with E-state index in [9.17, 15) is 18.4 Å². The fourth-order valence-electron chi connectivity index (χ4n) is 3.94. The lowest BCUT2D eigenvalue weighted by atomic mass is 9.65. The summed E-state index contributed by atoms with van der Waals surface area (Å²) < 4.78 is 28.0. The van der Waals surface area contributed by atoms with Crippen molar-refractivity contribution in [1.82, 2.24) is 15.0 Å². The summed E-state index contributed by atoms with van der Waals surface area (Å²) in [6, 6.07) is 7.07.